The van der Waals surface area contributed by atoms with E-state index in [0.717, 1.165) is 42.9 Å². The van der Waals surface area contributed by atoms with Crippen LogP contribution in [0.4, 0.5) is 5.95 Å². The molecule has 1 saturated heterocycles. The van der Waals surface area contributed by atoms with E-state index in [1.807, 2.05) is 23.9 Å². The van der Waals surface area contributed by atoms with Gasteiger partial charge in [-0.1, -0.05) is 0 Å². The van der Waals surface area contributed by atoms with E-state index in [9.17, 15) is 0 Å². The number of piperazine rings is 1. The molecule has 2 N–H and O–H groups in total. The number of likely N-dealkylation sites (N-methyl/N-ethyl adjacent to an activating group) is 1. The van der Waals surface area contributed by atoms with Gasteiger partial charge in [0, 0.05) is 32.4 Å². The lowest BCUT2D eigenvalue weighted by atomic mass is 10.3. The van der Waals surface area contributed by atoms with Crippen LogP contribution in [0.2, 0.25) is 0 Å². The Kier molecular flexibility index (Phi) is 2.59. The Labute approximate surface area is 106 Å². The van der Waals surface area contributed by atoms with Gasteiger partial charge in [0.1, 0.15) is 5.52 Å². The van der Waals surface area contributed by atoms with E-state index in [0.29, 0.717) is 5.95 Å². The molecule has 1 fully saturated rings. The number of hydrogen-bond acceptors (Lipinski definition) is 5. The highest BCUT2D eigenvalue weighted by Gasteiger charge is 2.19. The van der Waals surface area contributed by atoms with E-state index < -0.39 is 0 Å². The van der Waals surface area contributed by atoms with Crippen LogP contribution in [0.25, 0.3) is 11.2 Å². The van der Waals surface area contributed by atoms with Crippen LogP contribution in [0, 0.1) is 6.92 Å². The second-order valence-corrected chi connectivity index (χ2v) is 4.89. The second-order valence-electron chi connectivity index (χ2n) is 4.89. The zero-order valence-electron chi connectivity index (χ0n) is 10.8. The van der Waals surface area contributed by atoms with Gasteiger partial charge >= 0.3 is 0 Å². The summed E-state index contributed by atoms with van der Waals surface area (Å²) in [7, 11) is 2.13. The Morgan fingerprint density at radius 1 is 1.22 bits per heavy atom. The minimum Gasteiger partial charge on any atom is -0.368 e. The molecule has 3 heterocycles. The lowest BCUT2D eigenvalue weighted by Gasteiger charge is -2.34. The Balaban J connectivity index is 2.03. The van der Waals surface area contributed by atoms with Crippen LogP contribution in [0.1, 0.15) is 5.56 Å². The fraction of sp³-hybridized carbons (Fsp3) is 0.500. The van der Waals surface area contributed by atoms with Gasteiger partial charge in [-0.25, -0.2) is 14.6 Å². The number of anilines is 1. The molecule has 0 amide bonds. The summed E-state index contributed by atoms with van der Waals surface area (Å²) in [4.78, 5) is 11.2. The fourth-order valence-electron chi connectivity index (χ4n) is 2.35. The zero-order valence-corrected chi connectivity index (χ0v) is 10.8. The monoisotopic (exact) mass is 246 g/mol. The molecule has 2 aromatic rings. The van der Waals surface area contributed by atoms with Crippen LogP contribution in [-0.2, 0) is 0 Å². The molecule has 0 aromatic carbocycles. The molecule has 6 heteroatoms. The first-order valence-corrected chi connectivity index (χ1v) is 6.19. The van der Waals surface area contributed by atoms with Gasteiger partial charge in [0.15, 0.2) is 5.65 Å². The maximum absolute atomic E-state index is 6.03. The summed E-state index contributed by atoms with van der Waals surface area (Å²) >= 11 is 0. The number of nitrogen functional groups attached to an aromatic ring is 1. The third kappa shape index (κ3) is 1.78. The Morgan fingerprint density at radius 2 is 1.94 bits per heavy atom. The first kappa shape index (κ1) is 11.3. The summed E-state index contributed by atoms with van der Waals surface area (Å²) in [5.74, 6) is 0.521. The van der Waals surface area contributed by atoms with E-state index >= 15 is 0 Å². The van der Waals surface area contributed by atoms with Gasteiger partial charge in [-0.15, -0.1) is 0 Å². The van der Waals surface area contributed by atoms with E-state index in [-0.39, 0.29) is 0 Å². The quantitative estimate of drug-likeness (QED) is 0.779. The van der Waals surface area contributed by atoms with Crippen LogP contribution in [0.3, 0.4) is 0 Å². The van der Waals surface area contributed by atoms with Gasteiger partial charge in [0.2, 0.25) is 5.95 Å². The highest BCUT2D eigenvalue weighted by molar-refractivity contribution is 5.75. The van der Waals surface area contributed by atoms with Crippen molar-refractivity contribution in [2.24, 2.45) is 0 Å². The normalized spacial score (nSPS) is 17.6. The molecule has 1 aliphatic heterocycles. The number of aromatic nitrogens is 3. The number of fused-ring (bicyclic) bond motifs is 1. The molecule has 0 unspecified atom stereocenters. The number of pyridine rings is 1. The first-order chi connectivity index (χ1) is 8.65. The van der Waals surface area contributed by atoms with Gasteiger partial charge in [-0.3, -0.25) is 0 Å². The van der Waals surface area contributed by atoms with Crippen molar-refractivity contribution in [1.29, 1.82) is 0 Å². The number of imidazole rings is 1. The standard InChI is InChI=1S/C12H18N6/c1-9-7-10-11(14-8-9)18(12(13)15-10)17-5-3-16(2)4-6-17/h7-8H,3-6H2,1-2H3,(H2,13,15). The number of nitrogens with zero attached hydrogens (tertiary/aromatic N) is 5. The number of rotatable bonds is 1. The predicted octanol–water partition coefficient (Wildman–Crippen LogP) is 0.205. The number of aryl methyl sites for hydroxylation is 1. The minimum absolute atomic E-state index is 0.521. The summed E-state index contributed by atoms with van der Waals surface area (Å²) in [6.45, 7) is 5.97. The van der Waals surface area contributed by atoms with Crippen molar-refractivity contribution < 1.29 is 0 Å². The van der Waals surface area contributed by atoms with Crippen LogP contribution >= 0.6 is 0 Å². The maximum atomic E-state index is 6.03. The van der Waals surface area contributed by atoms with Crippen LogP contribution < -0.4 is 10.7 Å². The van der Waals surface area contributed by atoms with Crippen molar-refractivity contribution >= 4 is 17.1 Å². The van der Waals surface area contributed by atoms with Crippen molar-refractivity contribution in [3.05, 3.63) is 17.8 Å². The molecule has 18 heavy (non-hydrogen) atoms. The van der Waals surface area contributed by atoms with Crippen molar-refractivity contribution in [2.75, 3.05) is 44.0 Å². The molecule has 0 spiro atoms. The lowest BCUT2D eigenvalue weighted by molar-refractivity contribution is 0.290. The van der Waals surface area contributed by atoms with Crippen molar-refractivity contribution in [2.45, 2.75) is 6.92 Å². The third-order valence-electron chi connectivity index (χ3n) is 3.40. The molecular formula is C12H18N6. The van der Waals surface area contributed by atoms with Gasteiger partial charge in [-0.05, 0) is 25.6 Å². The Hall–Kier alpha value is -1.82. The molecular weight excluding hydrogens is 228 g/mol. The largest absolute Gasteiger partial charge is 0.368 e. The maximum Gasteiger partial charge on any atom is 0.222 e. The molecule has 1 aliphatic rings. The number of nitrogens with two attached hydrogens (primary N) is 1. The highest BCUT2D eigenvalue weighted by Crippen LogP contribution is 2.17. The molecule has 0 saturated carbocycles. The van der Waals surface area contributed by atoms with Crippen LogP contribution in [0.5, 0.6) is 0 Å². The van der Waals surface area contributed by atoms with E-state index in [1.165, 1.54) is 0 Å². The van der Waals surface area contributed by atoms with Gasteiger partial charge in [0.05, 0.1) is 0 Å². The zero-order chi connectivity index (χ0) is 12.7. The van der Waals surface area contributed by atoms with Gasteiger partial charge in [0.25, 0.3) is 0 Å². The average molecular weight is 246 g/mol. The Morgan fingerprint density at radius 3 is 2.67 bits per heavy atom. The molecule has 0 bridgehead atoms. The summed E-state index contributed by atoms with van der Waals surface area (Å²) in [6.07, 6.45) is 1.86. The smallest absolute Gasteiger partial charge is 0.222 e. The lowest BCUT2D eigenvalue weighted by Crippen LogP contribution is -2.50. The molecule has 6 nitrogen and oxygen atoms in total. The fourth-order valence-corrected chi connectivity index (χ4v) is 2.35. The minimum atomic E-state index is 0.521. The van der Waals surface area contributed by atoms with Crippen LogP contribution in [-0.4, -0.2) is 52.8 Å². The van der Waals surface area contributed by atoms with Gasteiger partial charge in [-0.2, -0.15) is 0 Å². The topological polar surface area (TPSA) is 63.2 Å². The molecule has 0 aliphatic carbocycles. The van der Waals surface area contributed by atoms with E-state index in [1.54, 1.807) is 0 Å². The molecule has 96 valence electrons. The third-order valence-corrected chi connectivity index (χ3v) is 3.40. The highest BCUT2D eigenvalue weighted by atomic mass is 15.6. The summed E-state index contributed by atoms with van der Waals surface area (Å²) in [5, 5.41) is 2.22. The van der Waals surface area contributed by atoms with E-state index in [4.69, 9.17) is 5.73 Å². The summed E-state index contributed by atoms with van der Waals surface area (Å²) in [5.41, 5.74) is 8.84. The molecule has 0 radical (unpaired) electrons. The average Bonchev–Trinajstić information content (AvgIpc) is 2.65. The Bertz CT molecular complexity index is 567. The number of hydrogen-bond donors (Lipinski definition) is 1. The molecule has 2 aromatic heterocycles. The van der Waals surface area contributed by atoms with Gasteiger partial charge < -0.3 is 15.6 Å². The predicted molar refractivity (Wildman–Crippen MR) is 72.1 cm³/mol. The molecule has 0 atom stereocenters. The second kappa shape index (κ2) is 4.13. The first-order valence-electron chi connectivity index (χ1n) is 6.19. The van der Waals surface area contributed by atoms with Crippen LogP contribution in [0.15, 0.2) is 12.3 Å². The SMILES string of the molecule is Cc1cnc2c(c1)nc(N)n2N1CCN(C)CC1. The summed E-state index contributed by atoms with van der Waals surface area (Å²) in [6, 6.07) is 2.02. The van der Waals surface area contributed by atoms with E-state index in [2.05, 4.69) is 26.9 Å². The molecule has 3 rings (SSSR count). The van der Waals surface area contributed by atoms with Crippen molar-refractivity contribution in [3.63, 3.8) is 0 Å². The van der Waals surface area contributed by atoms with Crippen molar-refractivity contribution in [3.8, 4) is 0 Å². The summed E-state index contributed by atoms with van der Waals surface area (Å²) < 4.78 is 1.95. The van der Waals surface area contributed by atoms with Crippen molar-refractivity contribution in [1.82, 2.24) is 19.5 Å².